The van der Waals surface area contributed by atoms with Gasteiger partial charge in [0.25, 0.3) is 6.43 Å². The number of carbonyl (C=O) groups excluding carboxylic acids is 1. The Morgan fingerprint density at radius 3 is 2.27 bits per heavy atom. The SMILES string of the molecule is CC.CCCC.COC(=O)CO.Cc1c(C(F)F)nn2c1OC[C@H](C)C2. The number of hydrogen-bond donors (Lipinski definition) is 1. The molecule has 0 bridgehead atoms. The molecule has 1 N–H and O–H groups in total. The van der Waals surface area contributed by atoms with Gasteiger partial charge in [-0.05, 0) is 6.92 Å². The summed E-state index contributed by atoms with van der Waals surface area (Å²) < 4.78 is 35.9. The molecule has 154 valence electrons. The summed E-state index contributed by atoms with van der Waals surface area (Å²) in [6.45, 7) is 12.7. The quantitative estimate of drug-likeness (QED) is 0.798. The molecule has 0 unspecified atom stereocenters. The van der Waals surface area contributed by atoms with E-state index in [4.69, 9.17) is 9.84 Å². The lowest BCUT2D eigenvalue weighted by molar-refractivity contribution is -0.143. The molecule has 0 aromatic carbocycles. The second kappa shape index (κ2) is 15.5. The number of alkyl halides is 2. The smallest absolute Gasteiger partial charge is 0.331 e. The van der Waals surface area contributed by atoms with E-state index in [1.165, 1.54) is 24.6 Å². The van der Waals surface area contributed by atoms with E-state index in [0.717, 1.165) is 0 Å². The Balaban J connectivity index is 0. The highest BCUT2D eigenvalue weighted by molar-refractivity contribution is 5.70. The van der Waals surface area contributed by atoms with E-state index in [2.05, 4.69) is 23.7 Å². The van der Waals surface area contributed by atoms with Crippen molar-refractivity contribution in [3.8, 4) is 5.88 Å². The molecule has 1 atom stereocenters. The van der Waals surface area contributed by atoms with E-state index >= 15 is 0 Å². The maximum atomic E-state index is 12.5. The van der Waals surface area contributed by atoms with Gasteiger partial charge in [0.15, 0.2) is 0 Å². The standard InChI is InChI=1S/C9H12F2N2O.C4H10.C3H6O3.C2H6/c1-5-3-13-9(14-4-5)6(2)7(12-13)8(10)11;1-3-4-2;1-6-3(5)2-4;1-2/h5,8H,3-4H2,1-2H3;3-4H2,1-2H3;4H,2H2,1H3;1-2H3/t5-;;;/m1.../s1. The van der Waals surface area contributed by atoms with Crippen LogP contribution < -0.4 is 4.74 Å². The number of carbonyl (C=O) groups is 1. The Hall–Kier alpha value is -1.70. The Kier molecular flexibility index (Phi) is 15.9. The van der Waals surface area contributed by atoms with Crippen molar-refractivity contribution in [3.63, 3.8) is 0 Å². The Morgan fingerprint density at radius 1 is 1.38 bits per heavy atom. The number of rotatable bonds is 3. The van der Waals surface area contributed by atoms with Crippen LogP contribution in [0.1, 0.15) is 65.1 Å². The number of ether oxygens (including phenoxy) is 2. The molecule has 0 spiro atoms. The number of nitrogens with zero attached hydrogens (tertiary/aromatic N) is 2. The van der Waals surface area contributed by atoms with Crippen LogP contribution in [0.25, 0.3) is 0 Å². The van der Waals surface area contributed by atoms with Gasteiger partial charge in [-0.3, -0.25) is 0 Å². The number of halogens is 2. The van der Waals surface area contributed by atoms with Crippen molar-refractivity contribution in [2.24, 2.45) is 5.92 Å². The van der Waals surface area contributed by atoms with Crippen LogP contribution in [0.5, 0.6) is 5.88 Å². The number of unbranched alkanes of at least 4 members (excludes halogenated alkanes) is 1. The minimum Gasteiger partial charge on any atom is -0.477 e. The van der Waals surface area contributed by atoms with Crippen molar-refractivity contribution < 1.29 is 28.2 Å². The normalized spacial score (nSPS) is 14.3. The minimum absolute atomic E-state index is 0.158. The van der Waals surface area contributed by atoms with Crippen LogP contribution in [-0.2, 0) is 16.1 Å². The fraction of sp³-hybridized carbons (Fsp3) is 0.778. The molecule has 0 saturated heterocycles. The Bertz CT molecular complexity index is 486. The molecule has 0 radical (unpaired) electrons. The van der Waals surface area contributed by atoms with Crippen LogP contribution in [0.2, 0.25) is 0 Å². The lowest BCUT2D eigenvalue weighted by Crippen LogP contribution is -2.23. The molecule has 1 aromatic heterocycles. The van der Waals surface area contributed by atoms with Crippen LogP contribution in [0.4, 0.5) is 8.78 Å². The number of aliphatic hydroxyl groups excluding tert-OH is 1. The van der Waals surface area contributed by atoms with Gasteiger partial charge in [-0.25, -0.2) is 18.3 Å². The van der Waals surface area contributed by atoms with Gasteiger partial charge in [0.1, 0.15) is 12.3 Å². The van der Waals surface area contributed by atoms with E-state index in [0.29, 0.717) is 30.5 Å². The fourth-order valence-electron chi connectivity index (χ4n) is 1.70. The summed E-state index contributed by atoms with van der Waals surface area (Å²) in [4.78, 5) is 9.71. The average Bonchev–Trinajstić information content (AvgIpc) is 2.99. The zero-order valence-electron chi connectivity index (χ0n) is 17.0. The maximum absolute atomic E-state index is 12.5. The number of aliphatic hydroxyl groups is 1. The predicted octanol–water partition coefficient (Wildman–Crippen LogP) is 4.14. The zero-order valence-corrected chi connectivity index (χ0v) is 17.0. The summed E-state index contributed by atoms with van der Waals surface area (Å²) in [5.74, 6) is 0.223. The first-order valence-electron chi connectivity index (χ1n) is 8.98. The van der Waals surface area contributed by atoms with Gasteiger partial charge in [0.2, 0.25) is 5.88 Å². The van der Waals surface area contributed by atoms with Gasteiger partial charge in [0.05, 0.1) is 20.3 Å². The van der Waals surface area contributed by atoms with Crippen molar-refractivity contribution in [1.82, 2.24) is 9.78 Å². The van der Waals surface area contributed by atoms with Crippen molar-refractivity contribution in [2.45, 2.75) is 67.4 Å². The third-order valence-corrected chi connectivity index (χ3v) is 3.22. The first kappa shape index (κ1) is 26.5. The number of methoxy groups -OCH3 is 1. The molecular weight excluding hydrogens is 346 g/mol. The van der Waals surface area contributed by atoms with Crippen molar-refractivity contribution >= 4 is 5.97 Å². The lowest BCUT2D eigenvalue weighted by Gasteiger charge is -2.20. The van der Waals surface area contributed by atoms with Gasteiger partial charge in [-0.15, -0.1) is 0 Å². The average molecular weight is 380 g/mol. The predicted molar refractivity (Wildman–Crippen MR) is 97.6 cm³/mol. The number of fused-ring (bicyclic) bond motifs is 1. The minimum atomic E-state index is -2.52. The van der Waals surface area contributed by atoms with Gasteiger partial charge in [-0.1, -0.05) is 47.5 Å². The summed E-state index contributed by atoms with van der Waals surface area (Å²) in [6.07, 6.45) is 0.118. The molecule has 1 aromatic rings. The Morgan fingerprint density at radius 2 is 1.92 bits per heavy atom. The third-order valence-electron chi connectivity index (χ3n) is 3.22. The third kappa shape index (κ3) is 9.70. The summed E-state index contributed by atoms with van der Waals surface area (Å²) in [5.41, 5.74) is 0.306. The van der Waals surface area contributed by atoms with E-state index < -0.39 is 19.0 Å². The zero-order chi connectivity index (χ0) is 20.7. The molecule has 0 fully saturated rings. The van der Waals surface area contributed by atoms with Gasteiger partial charge >= 0.3 is 5.97 Å². The first-order valence-corrected chi connectivity index (χ1v) is 8.98. The molecule has 2 rings (SSSR count). The second-order valence-corrected chi connectivity index (χ2v) is 5.45. The van der Waals surface area contributed by atoms with Crippen LogP contribution >= 0.6 is 0 Å². The van der Waals surface area contributed by atoms with Gasteiger partial charge < -0.3 is 14.6 Å². The highest BCUT2D eigenvalue weighted by Crippen LogP contribution is 2.31. The van der Waals surface area contributed by atoms with E-state index in [1.807, 2.05) is 20.8 Å². The van der Waals surface area contributed by atoms with Crippen molar-refractivity contribution in [1.29, 1.82) is 0 Å². The van der Waals surface area contributed by atoms with Crippen molar-refractivity contribution in [3.05, 3.63) is 11.3 Å². The summed E-state index contributed by atoms with van der Waals surface area (Å²) in [7, 11) is 1.22. The van der Waals surface area contributed by atoms with Crippen LogP contribution in [0.3, 0.4) is 0 Å². The molecule has 6 nitrogen and oxygen atoms in total. The molecule has 8 heteroatoms. The highest BCUT2D eigenvalue weighted by Gasteiger charge is 2.26. The van der Waals surface area contributed by atoms with Gasteiger partial charge in [-0.2, -0.15) is 5.10 Å². The monoisotopic (exact) mass is 380 g/mol. The van der Waals surface area contributed by atoms with E-state index in [9.17, 15) is 13.6 Å². The molecular formula is C18H34F2N2O4. The maximum Gasteiger partial charge on any atom is 0.331 e. The second-order valence-electron chi connectivity index (χ2n) is 5.45. The molecule has 0 amide bonds. The first-order chi connectivity index (χ1) is 12.3. The molecule has 0 aliphatic carbocycles. The summed E-state index contributed by atoms with van der Waals surface area (Å²) in [6, 6.07) is 0. The largest absolute Gasteiger partial charge is 0.477 e. The number of esters is 1. The number of aromatic nitrogens is 2. The molecule has 0 saturated carbocycles. The fourth-order valence-corrected chi connectivity index (χ4v) is 1.70. The molecule has 26 heavy (non-hydrogen) atoms. The van der Waals surface area contributed by atoms with Crippen molar-refractivity contribution in [2.75, 3.05) is 20.3 Å². The van der Waals surface area contributed by atoms with Crippen LogP contribution in [0, 0.1) is 12.8 Å². The lowest BCUT2D eigenvalue weighted by atomic mass is 10.2. The Labute approximate surface area is 155 Å². The van der Waals surface area contributed by atoms with Gasteiger partial charge in [0, 0.05) is 11.5 Å². The van der Waals surface area contributed by atoms with E-state index in [1.54, 1.807) is 6.92 Å². The topological polar surface area (TPSA) is 73.6 Å². The molecule has 1 aliphatic rings. The van der Waals surface area contributed by atoms with Crippen LogP contribution in [0.15, 0.2) is 0 Å². The molecule has 2 heterocycles. The summed E-state index contributed by atoms with van der Waals surface area (Å²) >= 11 is 0. The van der Waals surface area contributed by atoms with E-state index in [-0.39, 0.29) is 5.69 Å². The number of hydrogen-bond acceptors (Lipinski definition) is 5. The molecule has 1 aliphatic heterocycles. The highest BCUT2D eigenvalue weighted by atomic mass is 19.3. The van der Waals surface area contributed by atoms with Crippen LogP contribution in [-0.4, -0.2) is 41.2 Å². The summed E-state index contributed by atoms with van der Waals surface area (Å²) in [5, 5.41) is 11.7.